The predicted molar refractivity (Wildman–Crippen MR) is 73.1 cm³/mol. The zero-order valence-corrected chi connectivity index (χ0v) is 11.0. The summed E-state index contributed by atoms with van der Waals surface area (Å²) in [6.45, 7) is 10.2. The van der Waals surface area contributed by atoms with Gasteiger partial charge in [0, 0.05) is 0 Å². The second kappa shape index (κ2) is 15.4. The first-order valence-corrected chi connectivity index (χ1v) is 6.15. The molecular weight excluding hydrogens is 180 g/mol. The first-order valence-electron chi connectivity index (χ1n) is 6.15. The van der Waals surface area contributed by atoms with Crippen LogP contribution in [0.15, 0.2) is 36.4 Å². The molecule has 0 fully saturated rings. The second-order valence-electron chi connectivity index (χ2n) is 2.60. The molecule has 0 spiro atoms. The van der Waals surface area contributed by atoms with Crippen molar-refractivity contribution in [3.8, 4) is 0 Å². The Bertz CT molecular complexity index is 209. The highest BCUT2D eigenvalue weighted by Gasteiger charge is 1.80. The van der Waals surface area contributed by atoms with Gasteiger partial charge in [-0.1, -0.05) is 83.5 Å². The lowest BCUT2D eigenvalue weighted by molar-refractivity contribution is 0.962. The van der Waals surface area contributed by atoms with Crippen molar-refractivity contribution in [2.24, 2.45) is 0 Å². The molecule has 86 valence electrons. The Morgan fingerprint density at radius 1 is 0.933 bits per heavy atom. The summed E-state index contributed by atoms with van der Waals surface area (Å²) in [5, 5.41) is 0. The smallest absolute Gasteiger partial charge is 0.0260 e. The first-order chi connectivity index (χ1) is 7.43. The van der Waals surface area contributed by atoms with Crippen molar-refractivity contribution in [2.75, 3.05) is 0 Å². The second-order valence-corrected chi connectivity index (χ2v) is 2.60. The number of rotatable bonds is 3. The quantitative estimate of drug-likeness (QED) is 0.608. The summed E-state index contributed by atoms with van der Waals surface area (Å²) in [7, 11) is 0. The molecule has 1 aromatic carbocycles. The fourth-order valence-corrected chi connectivity index (χ4v) is 0.950. The molecule has 0 heteroatoms. The van der Waals surface area contributed by atoms with Gasteiger partial charge in [0.15, 0.2) is 0 Å². The van der Waals surface area contributed by atoms with Gasteiger partial charge >= 0.3 is 0 Å². The maximum Gasteiger partial charge on any atom is -0.0260 e. The molecule has 0 radical (unpaired) electrons. The summed E-state index contributed by atoms with van der Waals surface area (Å²) < 4.78 is 0. The van der Waals surface area contributed by atoms with E-state index in [1.54, 1.807) is 0 Å². The Labute approximate surface area is 96.0 Å². The van der Waals surface area contributed by atoms with Crippen molar-refractivity contribution in [3.63, 3.8) is 0 Å². The van der Waals surface area contributed by atoms with Crippen LogP contribution in [0.25, 0.3) is 6.08 Å². The lowest BCUT2D eigenvalue weighted by Gasteiger charge is -1.89. The minimum Gasteiger partial charge on any atom is -0.0840 e. The molecule has 0 aromatic heterocycles. The van der Waals surface area contributed by atoms with Crippen LogP contribution in [0, 0.1) is 0 Å². The van der Waals surface area contributed by atoms with Crippen molar-refractivity contribution < 1.29 is 0 Å². The van der Waals surface area contributed by atoms with E-state index >= 15 is 0 Å². The van der Waals surface area contributed by atoms with Crippen LogP contribution in [0.1, 0.15) is 53.0 Å². The van der Waals surface area contributed by atoms with E-state index in [0.717, 1.165) is 0 Å². The van der Waals surface area contributed by atoms with Gasteiger partial charge in [-0.15, -0.1) is 0 Å². The minimum absolute atomic E-state index is 1.18. The van der Waals surface area contributed by atoms with E-state index < -0.39 is 0 Å². The van der Waals surface area contributed by atoms with Gasteiger partial charge in [0.05, 0.1) is 0 Å². The Morgan fingerprint density at radius 3 is 1.93 bits per heavy atom. The maximum absolute atomic E-state index is 2.22. The van der Waals surface area contributed by atoms with E-state index in [4.69, 9.17) is 0 Å². The molecule has 0 aliphatic heterocycles. The first kappa shape index (κ1) is 16.4. The molecule has 0 nitrogen and oxygen atoms in total. The van der Waals surface area contributed by atoms with Gasteiger partial charge in [0.25, 0.3) is 0 Å². The molecule has 0 atom stereocenters. The van der Waals surface area contributed by atoms with E-state index in [-0.39, 0.29) is 0 Å². The maximum atomic E-state index is 2.22. The average molecular weight is 206 g/mol. The monoisotopic (exact) mass is 206 g/mol. The molecule has 0 heterocycles. The molecule has 15 heavy (non-hydrogen) atoms. The Hall–Kier alpha value is -1.04. The summed E-state index contributed by atoms with van der Waals surface area (Å²) in [6.07, 6.45) is 6.79. The molecule has 0 unspecified atom stereocenters. The van der Waals surface area contributed by atoms with Crippen LogP contribution < -0.4 is 0 Å². The van der Waals surface area contributed by atoms with Crippen LogP contribution in [0.2, 0.25) is 0 Å². The van der Waals surface area contributed by atoms with Crippen molar-refractivity contribution in [2.45, 2.75) is 47.5 Å². The summed E-state index contributed by atoms with van der Waals surface area (Å²) in [4.78, 5) is 0. The number of allylic oxidation sites excluding steroid dienone is 1. The number of unbranched alkanes of at least 4 members (excludes halogenated alkanes) is 1. The standard InChI is InChI=1S/C11H14.2C2H6/c1-2-3-5-8-11-9-6-4-7-10-11;2*1-2/h4-10H,2-3H2,1H3;2*1-2H3/b8-5-;;. The molecule has 0 bridgehead atoms. The largest absolute Gasteiger partial charge is 0.0840 e. The van der Waals surface area contributed by atoms with Crippen LogP contribution in [0.5, 0.6) is 0 Å². The van der Waals surface area contributed by atoms with Crippen molar-refractivity contribution >= 4 is 6.08 Å². The zero-order valence-electron chi connectivity index (χ0n) is 11.0. The van der Waals surface area contributed by atoms with Crippen molar-refractivity contribution in [1.82, 2.24) is 0 Å². The summed E-state index contributed by atoms with van der Waals surface area (Å²) >= 11 is 0. The van der Waals surface area contributed by atoms with E-state index in [9.17, 15) is 0 Å². The molecule has 1 aromatic rings. The fourth-order valence-electron chi connectivity index (χ4n) is 0.950. The highest BCUT2D eigenvalue weighted by molar-refractivity contribution is 5.48. The molecular formula is C15H26. The molecule has 0 saturated heterocycles. The Kier molecular flexibility index (Phi) is 16.9. The van der Waals surface area contributed by atoms with Crippen LogP contribution in [-0.4, -0.2) is 0 Å². The lowest BCUT2D eigenvalue weighted by atomic mass is 10.2. The van der Waals surface area contributed by atoms with Gasteiger partial charge in [-0.25, -0.2) is 0 Å². The van der Waals surface area contributed by atoms with E-state index in [0.29, 0.717) is 0 Å². The zero-order chi connectivity index (χ0) is 11.9. The highest BCUT2D eigenvalue weighted by Crippen LogP contribution is 2.02. The van der Waals surface area contributed by atoms with Gasteiger partial charge in [0.2, 0.25) is 0 Å². The van der Waals surface area contributed by atoms with Crippen LogP contribution in [0.3, 0.4) is 0 Å². The van der Waals surface area contributed by atoms with Gasteiger partial charge in [-0.3, -0.25) is 0 Å². The minimum atomic E-state index is 1.18. The van der Waals surface area contributed by atoms with Crippen molar-refractivity contribution in [1.29, 1.82) is 0 Å². The summed E-state index contributed by atoms with van der Waals surface area (Å²) in [6, 6.07) is 10.4. The topological polar surface area (TPSA) is 0 Å². The van der Waals surface area contributed by atoms with E-state index in [1.807, 2.05) is 33.8 Å². The third-order valence-corrected chi connectivity index (χ3v) is 1.57. The Morgan fingerprint density at radius 2 is 1.47 bits per heavy atom. The lowest BCUT2D eigenvalue weighted by Crippen LogP contribution is -1.68. The van der Waals surface area contributed by atoms with Crippen LogP contribution >= 0.6 is 0 Å². The number of hydrogen-bond donors (Lipinski definition) is 0. The van der Waals surface area contributed by atoms with Gasteiger partial charge in [0.1, 0.15) is 0 Å². The van der Waals surface area contributed by atoms with Crippen LogP contribution in [0.4, 0.5) is 0 Å². The molecule has 1 rings (SSSR count). The fraction of sp³-hybridized carbons (Fsp3) is 0.467. The SMILES string of the molecule is CC.CC.CCC/C=C\c1ccccc1. The average Bonchev–Trinajstić information content (AvgIpc) is 2.36. The van der Waals surface area contributed by atoms with E-state index in [2.05, 4.69) is 43.3 Å². The van der Waals surface area contributed by atoms with Gasteiger partial charge in [-0.2, -0.15) is 0 Å². The van der Waals surface area contributed by atoms with Gasteiger partial charge in [-0.05, 0) is 12.0 Å². The van der Waals surface area contributed by atoms with Crippen molar-refractivity contribution in [3.05, 3.63) is 42.0 Å². The third-order valence-electron chi connectivity index (χ3n) is 1.57. The molecule has 0 amide bonds. The number of hydrogen-bond acceptors (Lipinski definition) is 0. The number of benzene rings is 1. The predicted octanol–water partition coefficient (Wildman–Crippen LogP) is 5.55. The molecule has 0 aliphatic rings. The summed E-state index contributed by atoms with van der Waals surface area (Å²) in [5.41, 5.74) is 1.29. The van der Waals surface area contributed by atoms with E-state index in [1.165, 1.54) is 18.4 Å². The third kappa shape index (κ3) is 10.9. The van der Waals surface area contributed by atoms with Gasteiger partial charge < -0.3 is 0 Å². The highest BCUT2D eigenvalue weighted by atomic mass is 13.9. The summed E-state index contributed by atoms with van der Waals surface area (Å²) in [5.74, 6) is 0. The molecule has 0 N–H and O–H groups in total. The molecule has 0 saturated carbocycles. The normalized spacial score (nSPS) is 8.60. The van der Waals surface area contributed by atoms with Crippen LogP contribution in [-0.2, 0) is 0 Å². The Balaban J connectivity index is 0. The molecule has 0 aliphatic carbocycles.